The van der Waals surface area contributed by atoms with Crippen LogP contribution in [0.15, 0.2) is 11.4 Å². The Kier molecular flexibility index (Phi) is 6.08. The highest BCUT2D eigenvalue weighted by atomic mass is 19.1. The third kappa shape index (κ3) is 4.05. The van der Waals surface area contributed by atoms with Gasteiger partial charge in [-0.25, -0.2) is 14.0 Å². The number of halogens is 1. The molecule has 0 aliphatic heterocycles. The van der Waals surface area contributed by atoms with E-state index in [-0.39, 0.29) is 19.1 Å². The Morgan fingerprint density at radius 1 is 1.14 bits per heavy atom. The van der Waals surface area contributed by atoms with Gasteiger partial charge in [-0.3, -0.25) is 4.79 Å². The third-order valence-electron chi connectivity index (χ3n) is 3.47. The molecule has 1 aliphatic rings. The predicted molar refractivity (Wildman–Crippen MR) is 76.3 cm³/mol. The molecule has 0 saturated heterocycles. The molecule has 1 amide bonds. The lowest BCUT2D eigenvalue weighted by Gasteiger charge is -2.25. The van der Waals surface area contributed by atoms with Crippen LogP contribution in [0.3, 0.4) is 0 Å². The molecule has 1 saturated carbocycles. The summed E-state index contributed by atoms with van der Waals surface area (Å²) < 4.78 is 23.6. The molecule has 22 heavy (non-hydrogen) atoms. The van der Waals surface area contributed by atoms with Crippen LogP contribution < -0.4 is 5.32 Å². The maximum absolute atomic E-state index is 14.1. The van der Waals surface area contributed by atoms with E-state index in [1.54, 1.807) is 13.8 Å². The predicted octanol–water partition coefficient (Wildman–Crippen LogP) is 1.64. The van der Waals surface area contributed by atoms with Crippen LogP contribution in [0.4, 0.5) is 4.39 Å². The second-order valence-corrected chi connectivity index (χ2v) is 5.29. The first-order chi connectivity index (χ1) is 10.3. The molecular formula is C15H22FNO5. The molecule has 0 atom stereocenters. The summed E-state index contributed by atoms with van der Waals surface area (Å²) in [5.74, 6) is -4.00. The van der Waals surface area contributed by atoms with Crippen molar-refractivity contribution < 1.29 is 28.2 Å². The van der Waals surface area contributed by atoms with Crippen LogP contribution in [0.25, 0.3) is 0 Å². The molecule has 0 radical (unpaired) electrons. The van der Waals surface area contributed by atoms with Crippen molar-refractivity contribution in [2.75, 3.05) is 13.2 Å². The minimum Gasteiger partial charge on any atom is -0.464 e. The molecule has 0 unspecified atom stereocenters. The van der Waals surface area contributed by atoms with Gasteiger partial charge in [0.25, 0.3) is 5.91 Å². The summed E-state index contributed by atoms with van der Waals surface area (Å²) in [6, 6.07) is 0. The molecule has 0 spiro atoms. The molecule has 1 N–H and O–H groups in total. The summed E-state index contributed by atoms with van der Waals surface area (Å²) in [6.07, 6.45) is 1.67. The number of rotatable bonds is 7. The van der Waals surface area contributed by atoms with Crippen LogP contribution in [0.1, 0.15) is 40.5 Å². The summed E-state index contributed by atoms with van der Waals surface area (Å²) in [5, 5.41) is 2.10. The molecule has 0 aromatic carbocycles. The largest absolute Gasteiger partial charge is 0.464 e. The van der Waals surface area contributed by atoms with E-state index in [1.165, 1.54) is 6.92 Å². The van der Waals surface area contributed by atoms with Crippen molar-refractivity contribution in [1.82, 2.24) is 5.32 Å². The number of hydrogen-bond acceptors (Lipinski definition) is 5. The quantitative estimate of drug-likeness (QED) is 0.439. The fourth-order valence-electron chi connectivity index (χ4n) is 1.89. The summed E-state index contributed by atoms with van der Waals surface area (Å²) in [5.41, 5.74) is -1.75. The average Bonchev–Trinajstić information content (AvgIpc) is 3.30. The van der Waals surface area contributed by atoms with Gasteiger partial charge in [0.05, 0.1) is 13.2 Å². The van der Waals surface area contributed by atoms with Gasteiger partial charge in [0.1, 0.15) is 0 Å². The van der Waals surface area contributed by atoms with Gasteiger partial charge in [-0.2, -0.15) is 0 Å². The highest BCUT2D eigenvalue weighted by Gasteiger charge is 2.46. The average molecular weight is 315 g/mol. The van der Waals surface area contributed by atoms with Crippen molar-refractivity contribution in [3.05, 3.63) is 11.4 Å². The monoisotopic (exact) mass is 315 g/mol. The highest BCUT2D eigenvalue weighted by molar-refractivity contribution is 6.09. The Labute approximate surface area is 129 Å². The van der Waals surface area contributed by atoms with Crippen molar-refractivity contribution >= 4 is 17.8 Å². The van der Waals surface area contributed by atoms with Gasteiger partial charge in [0, 0.05) is 0 Å². The van der Waals surface area contributed by atoms with E-state index in [0.717, 1.165) is 19.8 Å². The van der Waals surface area contributed by atoms with E-state index in [0.29, 0.717) is 5.57 Å². The topological polar surface area (TPSA) is 81.7 Å². The number of allylic oxidation sites excluding steroid dienone is 1. The highest BCUT2D eigenvalue weighted by Crippen LogP contribution is 2.38. The Morgan fingerprint density at radius 3 is 1.95 bits per heavy atom. The standard InChI is InChI=1S/C15H22FNO5/c1-5-21-13(19)15(4,14(20)22-6-2)17-12(18)11(16)9(3)10-7-8-10/h10H,5-8H2,1-4H3,(H,17,18)/b11-9-. The zero-order valence-corrected chi connectivity index (χ0v) is 13.3. The Balaban J connectivity index is 2.97. The van der Waals surface area contributed by atoms with Crippen molar-refractivity contribution in [1.29, 1.82) is 0 Å². The normalized spacial score (nSPS) is 15.7. The number of amides is 1. The molecule has 1 rings (SSSR count). The van der Waals surface area contributed by atoms with Gasteiger partial charge in [0.2, 0.25) is 5.54 Å². The molecule has 1 aliphatic carbocycles. The van der Waals surface area contributed by atoms with E-state index in [1.807, 2.05) is 0 Å². The van der Waals surface area contributed by atoms with Crippen molar-refractivity contribution in [3.63, 3.8) is 0 Å². The molecular weight excluding hydrogens is 293 g/mol. The Hall–Kier alpha value is -1.92. The summed E-state index contributed by atoms with van der Waals surface area (Å²) in [4.78, 5) is 35.9. The number of hydrogen-bond donors (Lipinski definition) is 1. The smallest absolute Gasteiger partial charge is 0.343 e. The first-order valence-electron chi connectivity index (χ1n) is 7.31. The molecule has 1 fully saturated rings. The van der Waals surface area contributed by atoms with Gasteiger partial charge in [-0.1, -0.05) is 0 Å². The van der Waals surface area contributed by atoms with Crippen LogP contribution >= 0.6 is 0 Å². The number of carbonyl (C=O) groups is 3. The van der Waals surface area contributed by atoms with Crippen LogP contribution in [0, 0.1) is 5.92 Å². The zero-order chi connectivity index (χ0) is 16.9. The number of esters is 2. The minimum absolute atomic E-state index is 0.0170. The molecule has 0 aromatic rings. The first kappa shape index (κ1) is 18.1. The number of nitrogens with one attached hydrogen (secondary N) is 1. The molecule has 7 heteroatoms. The van der Waals surface area contributed by atoms with Crippen LogP contribution in [0.5, 0.6) is 0 Å². The molecule has 0 aromatic heterocycles. The fraction of sp³-hybridized carbons (Fsp3) is 0.667. The van der Waals surface area contributed by atoms with Gasteiger partial charge >= 0.3 is 11.9 Å². The summed E-state index contributed by atoms with van der Waals surface area (Å²) in [6.45, 7) is 5.82. The molecule has 0 heterocycles. The maximum atomic E-state index is 14.1. The van der Waals surface area contributed by atoms with E-state index in [2.05, 4.69) is 5.32 Å². The first-order valence-corrected chi connectivity index (χ1v) is 7.31. The number of ether oxygens (including phenoxy) is 2. The molecule has 0 bridgehead atoms. The molecule has 6 nitrogen and oxygen atoms in total. The molecule has 124 valence electrons. The van der Waals surface area contributed by atoms with E-state index in [4.69, 9.17) is 9.47 Å². The van der Waals surface area contributed by atoms with E-state index < -0.39 is 29.2 Å². The van der Waals surface area contributed by atoms with Gasteiger partial charge < -0.3 is 14.8 Å². The van der Waals surface area contributed by atoms with Crippen LogP contribution in [-0.4, -0.2) is 36.6 Å². The van der Waals surface area contributed by atoms with Crippen LogP contribution in [-0.2, 0) is 23.9 Å². The zero-order valence-electron chi connectivity index (χ0n) is 13.3. The van der Waals surface area contributed by atoms with E-state index >= 15 is 0 Å². The van der Waals surface area contributed by atoms with Gasteiger partial charge in [0.15, 0.2) is 5.83 Å². The van der Waals surface area contributed by atoms with Crippen molar-refractivity contribution in [2.24, 2.45) is 5.92 Å². The lowest BCUT2D eigenvalue weighted by Crippen LogP contribution is -2.59. The lowest BCUT2D eigenvalue weighted by molar-refractivity contribution is -0.166. The summed E-state index contributed by atoms with van der Waals surface area (Å²) >= 11 is 0. The Morgan fingerprint density at radius 2 is 1.59 bits per heavy atom. The van der Waals surface area contributed by atoms with Gasteiger partial charge in [-0.15, -0.1) is 0 Å². The van der Waals surface area contributed by atoms with E-state index in [9.17, 15) is 18.8 Å². The van der Waals surface area contributed by atoms with Crippen LogP contribution in [0.2, 0.25) is 0 Å². The fourth-order valence-corrected chi connectivity index (χ4v) is 1.89. The lowest BCUT2D eigenvalue weighted by atomic mass is 10.0. The third-order valence-corrected chi connectivity index (χ3v) is 3.47. The second kappa shape index (κ2) is 7.38. The summed E-state index contributed by atoms with van der Waals surface area (Å²) in [7, 11) is 0. The SMILES string of the molecule is CCOC(=O)C(C)(NC(=O)/C(F)=C(\C)C1CC1)C(=O)OCC. The maximum Gasteiger partial charge on any atom is 0.343 e. The second-order valence-electron chi connectivity index (χ2n) is 5.29. The van der Waals surface area contributed by atoms with Gasteiger partial charge in [-0.05, 0) is 52.0 Å². The minimum atomic E-state index is -2.08. The van der Waals surface area contributed by atoms with Crippen molar-refractivity contribution in [2.45, 2.75) is 46.1 Å². The number of carbonyl (C=O) groups excluding carboxylic acids is 3. The Bertz CT molecular complexity index is 478. The van der Waals surface area contributed by atoms with Crippen molar-refractivity contribution in [3.8, 4) is 0 Å².